The molecule has 1 saturated carbocycles. The minimum atomic E-state index is -6.64. The van der Waals surface area contributed by atoms with E-state index in [0.29, 0.717) is 18.9 Å². The van der Waals surface area contributed by atoms with Gasteiger partial charge >= 0.3 is 23.7 Å². The van der Waals surface area contributed by atoms with E-state index in [9.17, 15) is 44.6 Å². The van der Waals surface area contributed by atoms with Crippen molar-refractivity contribution in [3.05, 3.63) is 35.4 Å². The van der Waals surface area contributed by atoms with Crippen molar-refractivity contribution < 1.29 is 44.6 Å². The molecule has 0 heterocycles. The Morgan fingerprint density at radius 1 is 0.769 bits per heavy atom. The highest BCUT2D eigenvalue weighted by molar-refractivity contribution is 5.32. The highest BCUT2D eigenvalue weighted by atomic mass is 19.4. The fraction of sp³-hybridized carbons (Fsp3) is 0.625. The Bertz CT molecular complexity index is 653. The summed E-state index contributed by atoms with van der Waals surface area (Å²) in [6.07, 6.45) is -1.85. The predicted molar refractivity (Wildman–Crippen MR) is 73.6 cm³/mol. The van der Waals surface area contributed by atoms with Crippen molar-refractivity contribution in [3.63, 3.8) is 0 Å². The van der Waals surface area contributed by atoms with Gasteiger partial charge in [-0.15, -0.1) is 0 Å². The molecule has 1 aromatic rings. The predicted octanol–water partition coefficient (Wildman–Crippen LogP) is 5.11. The first kappa shape index (κ1) is 20.9. The first-order valence-corrected chi connectivity index (χ1v) is 7.51. The number of alkyl halides is 9. The normalized spacial score (nSPS) is 27.1. The molecule has 26 heavy (non-hydrogen) atoms. The summed E-state index contributed by atoms with van der Waals surface area (Å²) >= 11 is 0. The van der Waals surface area contributed by atoms with Gasteiger partial charge in [0.15, 0.2) is 0 Å². The van der Waals surface area contributed by atoms with Gasteiger partial charge < -0.3 is 5.11 Å². The fourth-order valence-corrected chi connectivity index (χ4v) is 2.99. The fourth-order valence-electron chi connectivity index (χ4n) is 2.99. The zero-order valence-corrected chi connectivity index (χ0v) is 13.6. The molecule has 1 aliphatic carbocycles. The third kappa shape index (κ3) is 2.30. The number of halogens is 9. The van der Waals surface area contributed by atoms with Crippen molar-refractivity contribution in [2.75, 3.05) is 0 Å². The Hall–Kier alpha value is -1.45. The molecule has 1 fully saturated rings. The van der Waals surface area contributed by atoms with E-state index in [4.69, 9.17) is 0 Å². The highest BCUT2D eigenvalue weighted by Gasteiger charge is 3.00. The molecule has 1 aromatic carbocycles. The zero-order chi connectivity index (χ0) is 20.4. The summed E-state index contributed by atoms with van der Waals surface area (Å²) in [5.41, 5.74) is -8.20. The van der Waals surface area contributed by atoms with Gasteiger partial charge in [0.2, 0.25) is 0 Å². The monoisotopic (exact) mass is 394 g/mol. The summed E-state index contributed by atoms with van der Waals surface area (Å²) in [5.74, 6) is -26.1. The minimum absolute atomic E-state index is 0.364. The lowest BCUT2D eigenvalue weighted by Gasteiger charge is -2.36. The number of rotatable bonds is 4. The lowest BCUT2D eigenvalue weighted by molar-refractivity contribution is -0.303. The average Bonchev–Trinajstić information content (AvgIpc) is 2.57. The second-order valence-electron chi connectivity index (χ2n) is 6.60. The van der Waals surface area contributed by atoms with E-state index in [0.717, 1.165) is 12.1 Å². The van der Waals surface area contributed by atoms with Crippen molar-refractivity contribution in [3.8, 4) is 0 Å². The number of hydrogen-bond donors (Lipinski definition) is 1. The van der Waals surface area contributed by atoms with E-state index in [1.54, 1.807) is 6.92 Å². The first-order valence-electron chi connectivity index (χ1n) is 7.51. The van der Waals surface area contributed by atoms with Gasteiger partial charge in [0.1, 0.15) is 0 Å². The van der Waals surface area contributed by atoms with Gasteiger partial charge in [0, 0.05) is 6.42 Å². The molecule has 1 atom stereocenters. The van der Waals surface area contributed by atoms with E-state index in [1.807, 2.05) is 0 Å². The Morgan fingerprint density at radius 3 is 1.50 bits per heavy atom. The third-order valence-corrected chi connectivity index (χ3v) is 4.75. The summed E-state index contributed by atoms with van der Waals surface area (Å²) in [6, 6.07) is 4.90. The number of benzene rings is 1. The van der Waals surface area contributed by atoms with Crippen LogP contribution in [0.25, 0.3) is 0 Å². The molecule has 0 aliphatic heterocycles. The van der Waals surface area contributed by atoms with Crippen molar-refractivity contribution in [1.82, 2.24) is 0 Å². The van der Waals surface area contributed by atoms with Gasteiger partial charge in [0.25, 0.3) is 5.67 Å². The standard InChI is InChI=1S/C16H15F9O/c1-3-9-4-6-10(7-5-9)11(2,26)8-12(17)13(18,19)15(22,23)16(24,25)14(12,20)21/h4-7,26H,3,8H2,1-2H3. The van der Waals surface area contributed by atoms with Crippen molar-refractivity contribution >= 4 is 0 Å². The Morgan fingerprint density at radius 2 is 1.15 bits per heavy atom. The molecule has 1 unspecified atom stereocenters. The van der Waals surface area contributed by atoms with E-state index in [1.165, 1.54) is 12.1 Å². The molecule has 2 rings (SSSR count). The highest BCUT2D eigenvalue weighted by Crippen LogP contribution is 2.70. The summed E-state index contributed by atoms with van der Waals surface area (Å²) < 4.78 is 123. The zero-order valence-electron chi connectivity index (χ0n) is 13.6. The molecule has 10 heteroatoms. The molecule has 0 aromatic heterocycles. The van der Waals surface area contributed by atoms with Crippen LogP contribution in [0, 0.1) is 0 Å². The molecule has 0 spiro atoms. The SMILES string of the molecule is CCc1ccc(C(C)(O)CC2(F)C(F)(F)C(F)(F)C(F)(F)C2(F)F)cc1. The largest absolute Gasteiger partial charge is 0.385 e. The van der Waals surface area contributed by atoms with Crippen LogP contribution in [-0.4, -0.2) is 34.5 Å². The van der Waals surface area contributed by atoms with Crippen molar-refractivity contribution in [2.24, 2.45) is 0 Å². The topological polar surface area (TPSA) is 20.2 Å². The van der Waals surface area contributed by atoms with Crippen LogP contribution >= 0.6 is 0 Å². The van der Waals surface area contributed by atoms with Gasteiger partial charge in [-0.3, -0.25) is 0 Å². The summed E-state index contributed by atoms with van der Waals surface area (Å²) in [6.45, 7) is 2.35. The number of aliphatic hydroxyl groups is 1. The van der Waals surface area contributed by atoms with Gasteiger partial charge in [-0.1, -0.05) is 31.2 Å². The maximum atomic E-state index is 14.6. The molecule has 0 amide bonds. The van der Waals surface area contributed by atoms with Crippen LogP contribution in [-0.2, 0) is 12.0 Å². The van der Waals surface area contributed by atoms with Gasteiger partial charge in [-0.25, -0.2) is 4.39 Å². The lowest BCUT2D eigenvalue weighted by Crippen LogP contribution is -2.57. The first-order chi connectivity index (χ1) is 11.5. The maximum absolute atomic E-state index is 14.6. The summed E-state index contributed by atoms with van der Waals surface area (Å²) in [7, 11) is 0. The number of aryl methyl sites for hydroxylation is 1. The Balaban J connectivity index is 2.54. The molecule has 0 radical (unpaired) electrons. The van der Waals surface area contributed by atoms with Crippen molar-refractivity contribution in [2.45, 2.75) is 61.6 Å². The third-order valence-electron chi connectivity index (χ3n) is 4.75. The molecule has 148 valence electrons. The molecule has 1 N–H and O–H groups in total. The summed E-state index contributed by atoms with van der Waals surface area (Å²) in [5, 5.41) is 10.2. The van der Waals surface area contributed by atoms with Crippen LogP contribution in [0.5, 0.6) is 0 Å². The second-order valence-corrected chi connectivity index (χ2v) is 6.60. The molecular weight excluding hydrogens is 379 g/mol. The van der Waals surface area contributed by atoms with Gasteiger partial charge in [-0.2, -0.15) is 35.1 Å². The van der Waals surface area contributed by atoms with E-state index < -0.39 is 41.4 Å². The Labute approximate surface area is 142 Å². The van der Waals surface area contributed by atoms with Crippen LogP contribution < -0.4 is 0 Å². The summed E-state index contributed by atoms with van der Waals surface area (Å²) in [4.78, 5) is 0. The van der Waals surface area contributed by atoms with E-state index >= 15 is 0 Å². The minimum Gasteiger partial charge on any atom is -0.385 e. The average molecular weight is 394 g/mol. The molecule has 1 aliphatic rings. The van der Waals surface area contributed by atoms with Crippen molar-refractivity contribution in [1.29, 1.82) is 0 Å². The quantitative estimate of drug-likeness (QED) is 0.704. The van der Waals surface area contributed by atoms with E-state index in [-0.39, 0.29) is 5.56 Å². The molecule has 0 bridgehead atoms. The molecule has 0 saturated heterocycles. The second kappa shape index (κ2) is 5.53. The maximum Gasteiger partial charge on any atom is 0.381 e. The van der Waals surface area contributed by atoms with Gasteiger partial charge in [0.05, 0.1) is 5.60 Å². The molecular formula is C16H15F9O. The van der Waals surface area contributed by atoms with Gasteiger partial charge in [-0.05, 0) is 24.5 Å². The Kier molecular flexibility index (Phi) is 4.43. The van der Waals surface area contributed by atoms with Crippen LogP contribution in [0.4, 0.5) is 39.5 Å². The smallest absolute Gasteiger partial charge is 0.381 e. The van der Waals surface area contributed by atoms with Crippen LogP contribution in [0.3, 0.4) is 0 Å². The van der Waals surface area contributed by atoms with E-state index in [2.05, 4.69) is 0 Å². The van der Waals surface area contributed by atoms with Crippen LogP contribution in [0.1, 0.15) is 31.4 Å². The number of hydrogen-bond acceptors (Lipinski definition) is 1. The van der Waals surface area contributed by atoms with Crippen LogP contribution in [0.2, 0.25) is 0 Å². The molecule has 1 nitrogen and oxygen atoms in total. The lowest BCUT2D eigenvalue weighted by atomic mass is 9.80. The van der Waals surface area contributed by atoms with Crippen LogP contribution in [0.15, 0.2) is 24.3 Å².